The lowest BCUT2D eigenvalue weighted by molar-refractivity contribution is -0.116. The van der Waals surface area contributed by atoms with Crippen LogP contribution in [0.4, 0.5) is 5.69 Å². The number of hydrogen-bond donors (Lipinski definition) is 3. The van der Waals surface area contributed by atoms with Crippen molar-refractivity contribution >= 4 is 21.6 Å². The predicted octanol–water partition coefficient (Wildman–Crippen LogP) is 1.02. The second kappa shape index (κ2) is 6.83. The van der Waals surface area contributed by atoms with Crippen molar-refractivity contribution in [2.45, 2.75) is 38.0 Å². The summed E-state index contributed by atoms with van der Waals surface area (Å²) in [4.78, 5) is 11.8. The smallest absolute Gasteiger partial charge is 0.238 e. The molecule has 0 bridgehead atoms. The Morgan fingerprint density at radius 1 is 1.25 bits per heavy atom. The second-order valence-corrected chi connectivity index (χ2v) is 6.31. The van der Waals surface area contributed by atoms with E-state index in [2.05, 4.69) is 5.32 Å². The number of anilines is 1. The number of carbonyl (C=O) groups is 1. The molecule has 0 radical (unpaired) electrons. The van der Waals surface area contributed by atoms with Crippen LogP contribution in [0.2, 0.25) is 0 Å². The van der Waals surface area contributed by atoms with Gasteiger partial charge < -0.3 is 11.1 Å². The van der Waals surface area contributed by atoms with Gasteiger partial charge in [-0.2, -0.15) is 0 Å². The SMILES string of the molecule is Cc1cc(S(N)(=O)=O)cc(NC(=O)CCCCN)c1C. The number of nitrogens with two attached hydrogens (primary N) is 2. The fraction of sp³-hybridized carbons (Fsp3) is 0.462. The van der Waals surface area contributed by atoms with Crippen molar-refractivity contribution in [2.75, 3.05) is 11.9 Å². The molecular weight excluding hydrogens is 278 g/mol. The van der Waals surface area contributed by atoms with E-state index < -0.39 is 10.0 Å². The highest BCUT2D eigenvalue weighted by atomic mass is 32.2. The summed E-state index contributed by atoms with van der Waals surface area (Å²) >= 11 is 0. The summed E-state index contributed by atoms with van der Waals surface area (Å²) in [5.74, 6) is -0.160. The van der Waals surface area contributed by atoms with Crippen molar-refractivity contribution < 1.29 is 13.2 Å². The molecule has 0 aromatic heterocycles. The van der Waals surface area contributed by atoms with Gasteiger partial charge in [0.25, 0.3) is 0 Å². The molecule has 6 nitrogen and oxygen atoms in total. The van der Waals surface area contributed by atoms with Gasteiger partial charge in [0.1, 0.15) is 0 Å². The highest BCUT2D eigenvalue weighted by Crippen LogP contribution is 2.23. The van der Waals surface area contributed by atoms with Gasteiger partial charge in [0.15, 0.2) is 0 Å². The Morgan fingerprint density at radius 2 is 1.90 bits per heavy atom. The number of nitrogens with one attached hydrogen (secondary N) is 1. The van der Waals surface area contributed by atoms with Crippen LogP contribution < -0.4 is 16.2 Å². The molecule has 0 aliphatic carbocycles. The van der Waals surface area contributed by atoms with E-state index in [9.17, 15) is 13.2 Å². The highest BCUT2D eigenvalue weighted by Gasteiger charge is 2.14. The molecule has 0 aliphatic rings. The average molecular weight is 299 g/mol. The van der Waals surface area contributed by atoms with Crippen molar-refractivity contribution in [2.24, 2.45) is 10.9 Å². The van der Waals surface area contributed by atoms with Crippen LogP contribution in [0.1, 0.15) is 30.4 Å². The Balaban J connectivity index is 2.95. The molecule has 1 amide bonds. The van der Waals surface area contributed by atoms with Crippen LogP contribution in [0.5, 0.6) is 0 Å². The van der Waals surface area contributed by atoms with Gasteiger partial charge in [0.2, 0.25) is 15.9 Å². The summed E-state index contributed by atoms with van der Waals surface area (Å²) in [6.45, 7) is 4.14. The standard InChI is InChI=1S/C13H21N3O3S/c1-9-7-11(20(15,18)19)8-12(10(9)2)16-13(17)5-3-4-6-14/h7-8H,3-6,14H2,1-2H3,(H,16,17)(H2,15,18,19). The molecule has 7 heteroatoms. The third-order valence-corrected chi connectivity index (χ3v) is 3.99. The predicted molar refractivity (Wildman–Crippen MR) is 78.8 cm³/mol. The quantitative estimate of drug-likeness (QED) is 0.680. The van der Waals surface area contributed by atoms with Gasteiger partial charge in [-0.3, -0.25) is 4.79 Å². The normalized spacial score (nSPS) is 11.4. The number of unbranched alkanes of at least 4 members (excludes halogenated alkanes) is 1. The van der Waals surface area contributed by atoms with Gasteiger partial charge in [-0.25, -0.2) is 13.6 Å². The monoisotopic (exact) mass is 299 g/mol. The van der Waals surface area contributed by atoms with E-state index in [1.54, 1.807) is 6.92 Å². The third-order valence-electron chi connectivity index (χ3n) is 3.10. The molecular formula is C13H21N3O3S. The first-order chi connectivity index (χ1) is 9.25. The maximum absolute atomic E-state index is 11.8. The van der Waals surface area contributed by atoms with Crippen LogP contribution in [-0.4, -0.2) is 20.9 Å². The molecule has 0 saturated carbocycles. The van der Waals surface area contributed by atoms with Crippen LogP contribution in [0.15, 0.2) is 17.0 Å². The number of primary sulfonamides is 1. The zero-order chi connectivity index (χ0) is 15.3. The number of benzene rings is 1. The number of amides is 1. The maximum atomic E-state index is 11.8. The maximum Gasteiger partial charge on any atom is 0.238 e. The fourth-order valence-corrected chi connectivity index (χ4v) is 2.39. The Kier molecular flexibility index (Phi) is 5.67. The summed E-state index contributed by atoms with van der Waals surface area (Å²) in [5, 5.41) is 7.84. The zero-order valence-corrected chi connectivity index (χ0v) is 12.6. The minimum absolute atomic E-state index is 0.00198. The molecule has 5 N–H and O–H groups in total. The van der Waals surface area contributed by atoms with Crippen LogP contribution in [0, 0.1) is 13.8 Å². The van der Waals surface area contributed by atoms with Crippen LogP contribution in [0.3, 0.4) is 0 Å². The second-order valence-electron chi connectivity index (χ2n) is 4.75. The topological polar surface area (TPSA) is 115 Å². The summed E-state index contributed by atoms with van der Waals surface area (Å²) < 4.78 is 22.8. The molecule has 0 atom stereocenters. The number of sulfonamides is 1. The van der Waals surface area contributed by atoms with Crippen molar-refractivity contribution in [1.82, 2.24) is 0 Å². The first kappa shape index (κ1) is 16.6. The summed E-state index contributed by atoms with van der Waals surface area (Å²) in [5.41, 5.74) is 7.43. The Morgan fingerprint density at radius 3 is 2.45 bits per heavy atom. The van der Waals surface area contributed by atoms with Gasteiger partial charge in [0, 0.05) is 12.1 Å². The van der Waals surface area contributed by atoms with Crippen molar-refractivity contribution in [3.8, 4) is 0 Å². The molecule has 112 valence electrons. The average Bonchev–Trinajstić information content (AvgIpc) is 2.33. The number of hydrogen-bond acceptors (Lipinski definition) is 4. The van der Waals surface area contributed by atoms with Crippen LogP contribution >= 0.6 is 0 Å². The molecule has 1 aromatic rings. The molecule has 0 unspecified atom stereocenters. The molecule has 0 heterocycles. The number of carbonyl (C=O) groups excluding carboxylic acids is 1. The molecule has 0 spiro atoms. The van der Waals surface area contributed by atoms with Gasteiger partial charge in [-0.05, 0) is 56.5 Å². The molecule has 0 aliphatic heterocycles. The van der Waals surface area contributed by atoms with E-state index in [4.69, 9.17) is 10.9 Å². The molecule has 20 heavy (non-hydrogen) atoms. The summed E-state index contributed by atoms with van der Waals surface area (Å²) in [7, 11) is -3.79. The molecule has 0 saturated heterocycles. The van der Waals surface area contributed by atoms with Crippen LogP contribution in [-0.2, 0) is 14.8 Å². The lowest BCUT2D eigenvalue weighted by Crippen LogP contribution is -2.16. The third kappa shape index (κ3) is 4.59. The molecule has 1 aromatic carbocycles. The fourth-order valence-electron chi connectivity index (χ4n) is 1.76. The highest BCUT2D eigenvalue weighted by molar-refractivity contribution is 7.89. The minimum Gasteiger partial charge on any atom is -0.330 e. The summed E-state index contributed by atoms with van der Waals surface area (Å²) in [6, 6.07) is 2.88. The molecule has 1 rings (SSSR count). The van der Waals surface area contributed by atoms with Crippen molar-refractivity contribution in [1.29, 1.82) is 0 Å². The zero-order valence-electron chi connectivity index (χ0n) is 11.8. The van der Waals surface area contributed by atoms with Crippen molar-refractivity contribution in [3.05, 3.63) is 23.3 Å². The number of rotatable bonds is 6. The van der Waals surface area contributed by atoms with Gasteiger partial charge in [-0.1, -0.05) is 0 Å². The van der Waals surface area contributed by atoms with Gasteiger partial charge in [-0.15, -0.1) is 0 Å². The van der Waals surface area contributed by atoms with E-state index in [1.165, 1.54) is 12.1 Å². The van der Waals surface area contributed by atoms with E-state index in [0.717, 1.165) is 17.5 Å². The van der Waals surface area contributed by atoms with Gasteiger partial charge >= 0.3 is 0 Å². The Hall–Kier alpha value is -1.44. The van der Waals surface area contributed by atoms with E-state index in [-0.39, 0.29) is 10.8 Å². The Labute approximate surface area is 119 Å². The van der Waals surface area contributed by atoms with Crippen LogP contribution in [0.25, 0.3) is 0 Å². The van der Waals surface area contributed by atoms with E-state index in [1.807, 2.05) is 6.92 Å². The molecule has 0 fully saturated rings. The number of aryl methyl sites for hydroxylation is 1. The largest absolute Gasteiger partial charge is 0.330 e. The van der Waals surface area contributed by atoms with Crippen molar-refractivity contribution in [3.63, 3.8) is 0 Å². The first-order valence-electron chi connectivity index (χ1n) is 6.39. The Bertz CT molecular complexity index is 597. The lowest BCUT2D eigenvalue weighted by Gasteiger charge is -2.12. The summed E-state index contributed by atoms with van der Waals surface area (Å²) in [6.07, 6.45) is 1.84. The first-order valence-corrected chi connectivity index (χ1v) is 7.94. The lowest BCUT2D eigenvalue weighted by atomic mass is 10.1. The van der Waals surface area contributed by atoms with E-state index >= 15 is 0 Å². The van der Waals surface area contributed by atoms with E-state index in [0.29, 0.717) is 25.1 Å². The van der Waals surface area contributed by atoms with Gasteiger partial charge in [0.05, 0.1) is 4.90 Å². The minimum atomic E-state index is -3.79.